The van der Waals surface area contributed by atoms with Crippen LogP contribution in [0.5, 0.6) is 0 Å². The minimum absolute atomic E-state index is 0.0588. The molecule has 0 saturated heterocycles. The summed E-state index contributed by atoms with van der Waals surface area (Å²) in [5, 5.41) is 2.54. The van der Waals surface area contributed by atoms with E-state index in [1.807, 2.05) is 22.6 Å². The van der Waals surface area contributed by atoms with Gasteiger partial charge in [0.25, 0.3) is 5.56 Å². The number of benzene rings is 1. The van der Waals surface area contributed by atoms with Crippen molar-refractivity contribution >= 4 is 39.9 Å². The molecule has 6 nitrogen and oxygen atoms in total. The highest BCUT2D eigenvalue weighted by molar-refractivity contribution is 14.1. The average Bonchev–Trinajstić information content (AvgIpc) is 2.44. The van der Waals surface area contributed by atoms with Gasteiger partial charge in [-0.25, -0.2) is 9.37 Å². The first kappa shape index (κ1) is 15.4. The van der Waals surface area contributed by atoms with Gasteiger partial charge < -0.3 is 11.1 Å². The van der Waals surface area contributed by atoms with Crippen LogP contribution in [-0.2, 0) is 11.3 Å². The molecule has 0 radical (unpaired) electrons. The lowest BCUT2D eigenvalue weighted by Gasteiger charge is -2.09. The standard InChI is InChI=1S/C13H12FIN4O2/c1-7-12(15)13(21)19(6-17-7)5-11(20)18-8-2-3-9(14)10(16)4-8/h2-4,6H,5,16H2,1H3,(H,18,20). The first-order valence-electron chi connectivity index (χ1n) is 5.95. The summed E-state index contributed by atoms with van der Waals surface area (Å²) in [6.45, 7) is 1.54. The van der Waals surface area contributed by atoms with Crippen molar-refractivity contribution in [1.29, 1.82) is 0 Å². The van der Waals surface area contributed by atoms with E-state index in [1.165, 1.54) is 23.0 Å². The Hall–Kier alpha value is -1.97. The maximum absolute atomic E-state index is 13.0. The Labute approximate surface area is 133 Å². The lowest BCUT2D eigenvalue weighted by molar-refractivity contribution is -0.116. The van der Waals surface area contributed by atoms with E-state index in [9.17, 15) is 14.0 Å². The number of carbonyl (C=O) groups excluding carboxylic acids is 1. The molecule has 2 rings (SSSR count). The normalized spacial score (nSPS) is 10.4. The van der Waals surface area contributed by atoms with Crippen LogP contribution in [0.2, 0.25) is 0 Å². The largest absolute Gasteiger partial charge is 0.396 e. The molecule has 0 aliphatic heterocycles. The molecule has 1 heterocycles. The summed E-state index contributed by atoms with van der Waals surface area (Å²) < 4.78 is 14.7. The molecule has 21 heavy (non-hydrogen) atoms. The number of amides is 1. The van der Waals surface area contributed by atoms with E-state index in [1.54, 1.807) is 6.92 Å². The van der Waals surface area contributed by atoms with Gasteiger partial charge >= 0.3 is 0 Å². The number of anilines is 2. The summed E-state index contributed by atoms with van der Waals surface area (Å²) in [7, 11) is 0. The highest BCUT2D eigenvalue weighted by Gasteiger charge is 2.10. The Bertz CT molecular complexity index is 760. The van der Waals surface area contributed by atoms with Crippen LogP contribution in [0.4, 0.5) is 15.8 Å². The van der Waals surface area contributed by atoms with Crippen LogP contribution in [0.25, 0.3) is 0 Å². The van der Waals surface area contributed by atoms with E-state index >= 15 is 0 Å². The number of nitrogens with one attached hydrogen (secondary N) is 1. The molecule has 1 aromatic carbocycles. The molecule has 0 spiro atoms. The molecule has 2 aromatic rings. The predicted octanol–water partition coefficient (Wildman–Crippen LogP) is 1.52. The van der Waals surface area contributed by atoms with Crippen molar-refractivity contribution < 1.29 is 9.18 Å². The van der Waals surface area contributed by atoms with Crippen molar-refractivity contribution in [3.63, 3.8) is 0 Å². The molecule has 0 aliphatic carbocycles. The molecule has 110 valence electrons. The Balaban J connectivity index is 2.14. The van der Waals surface area contributed by atoms with Crippen molar-refractivity contribution in [3.05, 3.63) is 50.0 Å². The van der Waals surface area contributed by atoms with Crippen LogP contribution >= 0.6 is 22.6 Å². The first-order chi connectivity index (χ1) is 9.88. The number of aryl methyl sites for hydroxylation is 1. The molecule has 1 amide bonds. The molecule has 0 aliphatic rings. The van der Waals surface area contributed by atoms with E-state index in [-0.39, 0.29) is 17.8 Å². The van der Waals surface area contributed by atoms with Crippen LogP contribution in [-0.4, -0.2) is 15.5 Å². The van der Waals surface area contributed by atoms with E-state index in [4.69, 9.17) is 5.73 Å². The minimum atomic E-state index is -0.554. The number of aromatic nitrogens is 2. The number of nitrogens with two attached hydrogens (primary N) is 1. The van der Waals surface area contributed by atoms with Crippen molar-refractivity contribution in [2.75, 3.05) is 11.1 Å². The van der Waals surface area contributed by atoms with Crippen molar-refractivity contribution in [2.24, 2.45) is 0 Å². The smallest absolute Gasteiger partial charge is 0.267 e. The van der Waals surface area contributed by atoms with Crippen molar-refractivity contribution in [2.45, 2.75) is 13.5 Å². The van der Waals surface area contributed by atoms with Gasteiger partial charge in [0.15, 0.2) is 0 Å². The summed E-state index contributed by atoms with van der Waals surface area (Å²) >= 11 is 1.89. The summed E-state index contributed by atoms with van der Waals surface area (Å²) in [4.78, 5) is 27.9. The van der Waals surface area contributed by atoms with E-state index in [0.717, 1.165) is 6.07 Å². The number of halogens is 2. The fourth-order valence-corrected chi connectivity index (χ4v) is 2.08. The van der Waals surface area contributed by atoms with Crippen molar-refractivity contribution in [3.8, 4) is 0 Å². The van der Waals surface area contributed by atoms with Gasteiger partial charge in [0, 0.05) is 5.69 Å². The maximum Gasteiger partial charge on any atom is 0.267 e. The topological polar surface area (TPSA) is 90.0 Å². The number of carbonyl (C=O) groups is 1. The molecule has 1 aromatic heterocycles. The van der Waals surface area contributed by atoms with Crippen LogP contribution in [0.1, 0.15) is 5.69 Å². The second-order valence-corrected chi connectivity index (χ2v) is 5.44. The van der Waals surface area contributed by atoms with Gasteiger partial charge in [0.2, 0.25) is 5.91 Å². The summed E-state index contributed by atoms with van der Waals surface area (Å²) in [5.74, 6) is -0.980. The van der Waals surface area contributed by atoms with Crippen LogP contribution in [0.15, 0.2) is 29.3 Å². The van der Waals surface area contributed by atoms with Gasteiger partial charge in [-0.15, -0.1) is 0 Å². The molecular weight excluding hydrogens is 390 g/mol. The van der Waals surface area contributed by atoms with Gasteiger partial charge in [-0.05, 0) is 47.7 Å². The average molecular weight is 402 g/mol. The summed E-state index contributed by atoms with van der Waals surface area (Å²) in [6, 6.07) is 3.87. The third-order valence-corrected chi connectivity index (χ3v) is 3.99. The van der Waals surface area contributed by atoms with Crippen LogP contribution < -0.4 is 16.6 Å². The Kier molecular flexibility index (Phi) is 4.56. The quantitative estimate of drug-likeness (QED) is 0.602. The molecule has 0 atom stereocenters. The molecule has 0 saturated carbocycles. The maximum atomic E-state index is 13.0. The molecule has 3 N–H and O–H groups in total. The fraction of sp³-hybridized carbons (Fsp3) is 0.154. The second-order valence-electron chi connectivity index (χ2n) is 4.36. The van der Waals surface area contributed by atoms with Gasteiger partial charge in [0.1, 0.15) is 12.4 Å². The lowest BCUT2D eigenvalue weighted by Crippen LogP contribution is -2.29. The molecule has 0 unspecified atom stereocenters. The summed E-state index contributed by atoms with van der Waals surface area (Å²) in [6.07, 6.45) is 1.32. The van der Waals surface area contributed by atoms with E-state index < -0.39 is 11.7 Å². The van der Waals surface area contributed by atoms with Gasteiger partial charge in [-0.3, -0.25) is 14.2 Å². The number of hydrogen-bond acceptors (Lipinski definition) is 4. The Morgan fingerprint density at radius 2 is 2.24 bits per heavy atom. The van der Waals surface area contributed by atoms with Gasteiger partial charge in [0.05, 0.1) is 21.3 Å². The van der Waals surface area contributed by atoms with Gasteiger partial charge in [-0.1, -0.05) is 0 Å². The predicted molar refractivity (Wildman–Crippen MR) is 85.4 cm³/mol. The minimum Gasteiger partial charge on any atom is -0.396 e. The van der Waals surface area contributed by atoms with Crippen LogP contribution in [0, 0.1) is 16.3 Å². The van der Waals surface area contributed by atoms with E-state index in [0.29, 0.717) is 15.0 Å². The fourth-order valence-electron chi connectivity index (χ4n) is 1.64. The lowest BCUT2D eigenvalue weighted by atomic mass is 10.2. The molecule has 0 bridgehead atoms. The number of rotatable bonds is 3. The first-order valence-corrected chi connectivity index (χ1v) is 7.03. The zero-order chi connectivity index (χ0) is 15.6. The van der Waals surface area contributed by atoms with Crippen molar-refractivity contribution in [1.82, 2.24) is 9.55 Å². The zero-order valence-electron chi connectivity index (χ0n) is 11.1. The monoisotopic (exact) mass is 402 g/mol. The number of nitrogens with zero attached hydrogens (tertiary/aromatic N) is 2. The zero-order valence-corrected chi connectivity index (χ0v) is 13.2. The summed E-state index contributed by atoms with van der Waals surface area (Å²) in [5.41, 5.74) is 6.05. The number of hydrogen-bond donors (Lipinski definition) is 2. The van der Waals surface area contributed by atoms with E-state index in [2.05, 4.69) is 10.3 Å². The molecular formula is C13H12FIN4O2. The van der Waals surface area contributed by atoms with Gasteiger partial charge in [-0.2, -0.15) is 0 Å². The second kappa shape index (κ2) is 6.20. The number of nitrogen functional groups attached to an aromatic ring is 1. The third kappa shape index (κ3) is 3.57. The highest BCUT2D eigenvalue weighted by Crippen LogP contribution is 2.16. The third-order valence-electron chi connectivity index (χ3n) is 2.75. The highest BCUT2D eigenvalue weighted by atomic mass is 127. The molecule has 8 heteroatoms. The Morgan fingerprint density at radius 3 is 2.90 bits per heavy atom. The Morgan fingerprint density at radius 1 is 1.52 bits per heavy atom. The van der Waals surface area contributed by atoms with Crippen LogP contribution in [0.3, 0.4) is 0 Å². The molecule has 0 fully saturated rings. The SMILES string of the molecule is Cc1ncn(CC(=O)Nc2ccc(F)c(N)c2)c(=O)c1I.